The predicted octanol–water partition coefficient (Wildman–Crippen LogP) is 8.46. The average molecular weight is 405 g/mol. The van der Waals surface area contributed by atoms with E-state index in [9.17, 15) is 0 Å². The van der Waals surface area contributed by atoms with E-state index in [0.29, 0.717) is 0 Å². The summed E-state index contributed by atoms with van der Waals surface area (Å²) in [5.41, 5.74) is 5.74. The lowest BCUT2D eigenvalue weighted by Crippen LogP contribution is -1.93. The molecule has 0 aromatic heterocycles. The maximum Gasteiger partial charge on any atom is 0.0327 e. The third-order valence-corrected chi connectivity index (χ3v) is 6.29. The first-order valence-corrected chi connectivity index (χ1v) is 10.8. The summed E-state index contributed by atoms with van der Waals surface area (Å²) in [7, 11) is 0. The molecule has 0 fully saturated rings. The molecule has 6 aromatic rings. The Morgan fingerprint density at radius 2 is 1.00 bits per heavy atom. The van der Waals surface area contributed by atoms with Crippen LogP contribution in [0, 0.1) is 12.3 Å². The number of rotatable bonds is 2. The maximum atomic E-state index is 6.04. The molecule has 0 aliphatic carbocycles. The van der Waals surface area contributed by atoms with E-state index in [0.717, 1.165) is 10.9 Å². The van der Waals surface area contributed by atoms with Crippen molar-refractivity contribution in [2.45, 2.75) is 0 Å². The summed E-state index contributed by atoms with van der Waals surface area (Å²) in [5.74, 6) is 2.96. The fourth-order valence-electron chi connectivity index (χ4n) is 4.90. The summed E-state index contributed by atoms with van der Waals surface area (Å²) in [4.78, 5) is 0. The molecule has 0 heterocycles. The summed E-state index contributed by atoms with van der Waals surface area (Å²) in [6.07, 6.45) is 6.04. The van der Waals surface area contributed by atoms with Crippen LogP contribution in [-0.2, 0) is 0 Å². The highest BCUT2D eigenvalue weighted by Crippen LogP contribution is 2.45. The van der Waals surface area contributed by atoms with Gasteiger partial charge in [-0.05, 0) is 67.4 Å². The molecule has 148 valence electrons. The Hall–Kier alpha value is -4.34. The Morgan fingerprint density at radius 3 is 1.59 bits per heavy atom. The number of hydrogen-bond acceptors (Lipinski definition) is 0. The van der Waals surface area contributed by atoms with E-state index in [1.807, 2.05) is 0 Å². The highest BCUT2D eigenvalue weighted by molar-refractivity contribution is 6.24. The minimum Gasteiger partial charge on any atom is -0.115 e. The second-order valence-corrected chi connectivity index (χ2v) is 8.10. The first-order valence-electron chi connectivity index (χ1n) is 10.8. The monoisotopic (exact) mass is 404 g/mol. The van der Waals surface area contributed by atoms with Crippen molar-refractivity contribution in [2.24, 2.45) is 0 Å². The van der Waals surface area contributed by atoms with Gasteiger partial charge in [-0.2, -0.15) is 0 Å². The van der Waals surface area contributed by atoms with Gasteiger partial charge in [0.15, 0.2) is 0 Å². The quantitative estimate of drug-likeness (QED) is 0.200. The van der Waals surface area contributed by atoms with Crippen LogP contribution in [0.1, 0.15) is 5.56 Å². The molecule has 0 nitrogen and oxygen atoms in total. The van der Waals surface area contributed by atoms with E-state index in [1.54, 1.807) is 0 Å². The highest BCUT2D eigenvalue weighted by atomic mass is 14.2. The van der Waals surface area contributed by atoms with Crippen LogP contribution in [0.4, 0.5) is 0 Å². The van der Waals surface area contributed by atoms with Gasteiger partial charge in [0, 0.05) is 10.9 Å². The predicted molar refractivity (Wildman–Crippen MR) is 138 cm³/mol. The lowest BCUT2D eigenvalue weighted by atomic mass is 9.83. The van der Waals surface area contributed by atoms with Gasteiger partial charge in [0.1, 0.15) is 0 Å². The Labute approximate surface area is 187 Å². The molecule has 0 saturated carbocycles. The largest absolute Gasteiger partial charge is 0.115 e. The number of benzene rings is 6. The molecule has 0 bridgehead atoms. The van der Waals surface area contributed by atoms with Crippen molar-refractivity contribution >= 4 is 32.3 Å². The molecule has 0 unspecified atom stereocenters. The Bertz CT molecular complexity index is 1650. The van der Waals surface area contributed by atoms with Gasteiger partial charge in [0.05, 0.1) is 0 Å². The first kappa shape index (κ1) is 18.4. The van der Waals surface area contributed by atoms with Gasteiger partial charge in [-0.3, -0.25) is 0 Å². The summed E-state index contributed by atoms with van der Waals surface area (Å²) >= 11 is 0. The Balaban J connectivity index is 1.94. The summed E-state index contributed by atoms with van der Waals surface area (Å²) in [5, 5.41) is 7.27. The SMILES string of the molecule is C#Cc1cccc2c(-c3ccccc3)c3cc4ccccc4cc3c(-c3ccccc3)c12. The van der Waals surface area contributed by atoms with Crippen LogP contribution >= 0.6 is 0 Å². The third-order valence-electron chi connectivity index (χ3n) is 6.29. The van der Waals surface area contributed by atoms with E-state index >= 15 is 0 Å². The molecule has 0 amide bonds. The summed E-state index contributed by atoms with van der Waals surface area (Å²) in [6, 6.07) is 40.8. The minimum atomic E-state index is 0.925. The van der Waals surface area contributed by atoms with Crippen molar-refractivity contribution in [3.05, 3.63) is 121 Å². The van der Waals surface area contributed by atoms with Gasteiger partial charge < -0.3 is 0 Å². The fourth-order valence-corrected chi connectivity index (χ4v) is 4.90. The van der Waals surface area contributed by atoms with Crippen LogP contribution in [0.5, 0.6) is 0 Å². The zero-order valence-electron chi connectivity index (χ0n) is 17.5. The number of fused-ring (bicyclic) bond motifs is 3. The minimum absolute atomic E-state index is 0.925. The van der Waals surface area contributed by atoms with Gasteiger partial charge in [0.2, 0.25) is 0 Å². The normalized spacial score (nSPS) is 11.1. The van der Waals surface area contributed by atoms with Crippen molar-refractivity contribution in [3.63, 3.8) is 0 Å². The molecule has 0 N–H and O–H groups in total. The smallest absolute Gasteiger partial charge is 0.0327 e. The van der Waals surface area contributed by atoms with Crippen LogP contribution in [0.3, 0.4) is 0 Å². The lowest BCUT2D eigenvalue weighted by molar-refractivity contribution is 1.64. The molecular formula is C32H20. The fraction of sp³-hybridized carbons (Fsp3) is 0. The number of terminal acetylenes is 1. The topological polar surface area (TPSA) is 0 Å². The van der Waals surface area contributed by atoms with Crippen molar-refractivity contribution in [2.75, 3.05) is 0 Å². The molecule has 0 atom stereocenters. The standard InChI is InChI=1S/C32H20/c1-2-22-18-11-19-27-30(23-12-5-3-6-13-23)28-20-25-16-9-10-17-26(25)21-29(28)32(31(22)27)24-14-7-4-8-15-24/h1,3-21H. The van der Waals surface area contributed by atoms with Crippen molar-refractivity contribution in [1.29, 1.82) is 0 Å². The number of hydrogen-bond donors (Lipinski definition) is 0. The van der Waals surface area contributed by atoms with Gasteiger partial charge in [0.25, 0.3) is 0 Å². The summed E-state index contributed by atoms with van der Waals surface area (Å²) < 4.78 is 0. The van der Waals surface area contributed by atoms with Crippen LogP contribution < -0.4 is 0 Å². The molecular weight excluding hydrogens is 384 g/mol. The van der Waals surface area contributed by atoms with Gasteiger partial charge >= 0.3 is 0 Å². The molecule has 0 aliphatic heterocycles. The highest BCUT2D eigenvalue weighted by Gasteiger charge is 2.19. The van der Waals surface area contributed by atoms with Crippen LogP contribution in [0.15, 0.2) is 115 Å². The van der Waals surface area contributed by atoms with Crippen molar-refractivity contribution in [3.8, 4) is 34.6 Å². The third kappa shape index (κ3) is 2.80. The molecule has 32 heavy (non-hydrogen) atoms. The molecule has 0 saturated heterocycles. The molecule has 0 radical (unpaired) electrons. The van der Waals surface area contributed by atoms with Gasteiger partial charge in [-0.15, -0.1) is 6.42 Å². The maximum absolute atomic E-state index is 6.04. The van der Waals surface area contributed by atoms with Crippen molar-refractivity contribution < 1.29 is 0 Å². The lowest BCUT2D eigenvalue weighted by Gasteiger charge is -2.19. The zero-order chi connectivity index (χ0) is 21.5. The van der Waals surface area contributed by atoms with E-state index in [-0.39, 0.29) is 0 Å². The molecule has 0 heteroatoms. The van der Waals surface area contributed by atoms with Gasteiger partial charge in [-0.25, -0.2) is 0 Å². The molecule has 0 spiro atoms. The van der Waals surface area contributed by atoms with E-state index < -0.39 is 0 Å². The Morgan fingerprint density at radius 1 is 0.469 bits per heavy atom. The molecule has 0 aliphatic rings. The summed E-state index contributed by atoms with van der Waals surface area (Å²) in [6.45, 7) is 0. The van der Waals surface area contributed by atoms with E-state index in [1.165, 1.54) is 49.2 Å². The second kappa shape index (κ2) is 7.41. The van der Waals surface area contributed by atoms with Crippen molar-refractivity contribution in [1.82, 2.24) is 0 Å². The van der Waals surface area contributed by atoms with Crippen LogP contribution in [0.2, 0.25) is 0 Å². The zero-order valence-corrected chi connectivity index (χ0v) is 17.5. The van der Waals surface area contributed by atoms with E-state index in [4.69, 9.17) is 6.42 Å². The van der Waals surface area contributed by atoms with Crippen LogP contribution in [0.25, 0.3) is 54.6 Å². The Kier molecular flexibility index (Phi) is 4.27. The molecule has 6 rings (SSSR count). The second-order valence-electron chi connectivity index (χ2n) is 8.10. The van der Waals surface area contributed by atoms with Gasteiger partial charge in [-0.1, -0.05) is 103 Å². The van der Waals surface area contributed by atoms with E-state index in [2.05, 4.69) is 121 Å². The molecule has 6 aromatic carbocycles. The average Bonchev–Trinajstić information content (AvgIpc) is 2.86. The van der Waals surface area contributed by atoms with Crippen LogP contribution in [-0.4, -0.2) is 0 Å². The first-order chi connectivity index (χ1) is 15.8.